The molecule has 0 aliphatic carbocycles. The molecule has 1 heterocycles. The van der Waals surface area contributed by atoms with Gasteiger partial charge < -0.3 is 20.3 Å². The van der Waals surface area contributed by atoms with Crippen LogP contribution in [0, 0.1) is 0 Å². The first-order valence-electron chi connectivity index (χ1n) is 7.14. The largest absolute Gasteiger partial charge is 0.489 e. The predicted octanol–water partition coefficient (Wildman–Crippen LogP) is 1.12. The average molecular weight is 280 g/mol. The Labute approximate surface area is 120 Å². The predicted molar refractivity (Wildman–Crippen MR) is 78.8 cm³/mol. The molecule has 2 unspecified atom stereocenters. The van der Waals surface area contributed by atoms with E-state index in [1.165, 1.54) is 0 Å². The van der Waals surface area contributed by atoms with E-state index in [9.17, 15) is 5.11 Å². The summed E-state index contributed by atoms with van der Waals surface area (Å²) in [4.78, 5) is 2.22. The molecule has 0 aromatic heterocycles. The van der Waals surface area contributed by atoms with Crippen LogP contribution in [-0.2, 0) is 4.74 Å². The highest BCUT2D eigenvalue weighted by atomic mass is 16.5. The molecule has 112 valence electrons. The maximum Gasteiger partial charge on any atom is 0.142 e. The second kappa shape index (κ2) is 7.47. The third-order valence-electron chi connectivity index (χ3n) is 3.36. The lowest BCUT2D eigenvalue weighted by Crippen LogP contribution is -2.38. The number of benzene rings is 1. The Kier molecular flexibility index (Phi) is 5.64. The van der Waals surface area contributed by atoms with Crippen LogP contribution in [0.3, 0.4) is 0 Å². The van der Waals surface area contributed by atoms with Gasteiger partial charge in [0.05, 0.1) is 11.8 Å². The van der Waals surface area contributed by atoms with E-state index in [2.05, 4.69) is 11.8 Å². The zero-order valence-corrected chi connectivity index (χ0v) is 12.0. The molecule has 1 aliphatic heterocycles. The molecule has 0 bridgehead atoms. The van der Waals surface area contributed by atoms with E-state index in [1.807, 2.05) is 18.2 Å². The Morgan fingerprint density at radius 3 is 3.10 bits per heavy atom. The van der Waals surface area contributed by atoms with E-state index in [4.69, 9.17) is 15.2 Å². The molecule has 2 rings (SSSR count). The summed E-state index contributed by atoms with van der Waals surface area (Å²) >= 11 is 0. The van der Waals surface area contributed by atoms with Crippen molar-refractivity contribution in [2.24, 2.45) is 0 Å². The van der Waals surface area contributed by atoms with Crippen LogP contribution in [0.2, 0.25) is 0 Å². The Balaban J connectivity index is 1.77. The molecule has 1 aliphatic rings. The fraction of sp³-hybridized carbons (Fsp3) is 0.600. The summed E-state index contributed by atoms with van der Waals surface area (Å²) in [6.07, 6.45) is 0.694. The van der Waals surface area contributed by atoms with Gasteiger partial charge in [0.15, 0.2) is 0 Å². The average Bonchev–Trinajstić information content (AvgIpc) is 2.62. The summed E-state index contributed by atoms with van der Waals surface area (Å²) in [5, 5.41) is 10.1. The molecule has 2 atom stereocenters. The molecule has 20 heavy (non-hydrogen) atoms. The number of ether oxygens (including phenoxy) is 2. The summed E-state index contributed by atoms with van der Waals surface area (Å²) in [6, 6.07) is 7.32. The second-order valence-electron chi connectivity index (χ2n) is 5.30. The number of nitrogens with zero attached hydrogens (tertiary/aromatic N) is 1. The standard InChI is InChI=1S/C15H24N2O3/c1-12-9-17(7-4-8-19-12)10-13(18)11-20-15-6-3-2-5-14(15)16/h2-3,5-6,12-13,18H,4,7-11,16H2,1H3. The number of anilines is 1. The fourth-order valence-corrected chi connectivity index (χ4v) is 2.39. The van der Waals surface area contributed by atoms with E-state index in [0.717, 1.165) is 26.1 Å². The van der Waals surface area contributed by atoms with Crippen LogP contribution in [0.25, 0.3) is 0 Å². The van der Waals surface area contributed by atoms with Gasteiger partial charge in [-0.2, -0.15) is 0 Å². The van der Waals surface area contributed by atoms with E-state index < -0.39 is 6.10 Å². The minimum absolute atomic E-state index is 0.218. The van der Waals surface area contributed by atoms with Crippen molar-refractivity contribution in [2.75, 3.05) is 38.6 Å². The lowest BCUT2D eigenvalue weighted by molar-refractivity contribution is 0.0441. The van der Waals surface area contributed by atoms with Crippen molar-refractivity contribution in [2.45, 2.75) is 25.6 Å². The van der Waals surface area contributed by atoms with Gasteiger partial charge in [0.1, 0.15) is 18.5 Å². The first kappa shape index (κ1) is 15.1. The number of aliphatic hydroxyl groups excluding tert-OH is 1. The highest BCUT2D eigenvalue weighted by molar-refractivity contribution is 5.51. The summed E-state index contributed by atoms with van der Waals surface area (Å²) in [5.74, 6) is 0.624. The summed E-state index contributed by atoms with van der Waals surface area (Å²) in [5.41, 5.74) is 6.39. The topological polar surface area (TPSA) is 68.0 Å². The minimum atomic E-state index is -0.528. The zero-order valence-electron chi connectivity index (χ0n) is 12.0. The Morgan fingerprint density at radius 1 is 1.50 bits per heavy atom. The van der Waals surface area contributed by atoms with Crippen LogP contribution in [0.4, 0.5) is 5.69 Å². The molecule has 0 amide bonds. The summed E-state index contributed by atoms with van der Waals surface area (Å²) in [6.45, 7) is 5.51. The van der Waals surface area contributed by atoms with Crippen molar-refractivity contribution in [1.82, 2.24) is 4.90 Å². The Morgan fingerprint density at radius 2 is 2.30 bits per heavy atom. The van der Waals surface area contributed by atoms with Gasteiger partial charge in [-0.25, -0.2) is 0 Å². The van der Waals surface area contributed by atoms with Crippen molar-refractivity contribution in [3.8, 4) is 5.75 Å². The van der Waals surface area contributed by atoms with Crippen molar-refractivity contribution < 1.29 is 14.6 Å². The van der Waals surface area contributed by atoms with Crippen molar-refractivity contribution in [3.63, 3.8) is 0 Å². The second-order valence-corrected chi connectivity index (χ2v) is 5.30. The Hall–Kier alpha value is -1.30. The smallest absolute Gasteiger partial charge is 0.142 e. The molecule has 1 aromatic carbocycles. The van der Waals surface area contributed by atoms with Gasteiger partial charge in [-0.3, -0.25) is 4.90 Å². The molecular weight excluding hydrogens is 256 g/mol. The number of nitrogens with two attached hydrogens (primary N) is 1. The van der Waals surface area contributed by atoms with Crippen molar-refractivity contribution >= 4 is 5.69 Å². The number of hydrogen-bond acceptors (Lipinski definition) is 5. The first-order valence-corrected chi connectivity index (χ1v) is 7.14. The molecule has 1 saturated heterocycles. The van der Waals surface area contributed by atoms with Crippen LogP contribution < -0.4 is 10.5 Å². The fourth-order valence-electron chi connectivity index (χ4n) is 2.39. The summed E-state index contributed by atoms with van der Waals surface area (Å²) in [7, 11) is 0. The quantitative estimate of drug-likeness (QED) is 0.791. The van der Waals surface area contributed by atoms with Crippen LogP contribution >= 0.6 is 0 Å². The zero-order chi connectivity index (χ0) is 14.4. The van der Waals surface area contributed by atoms with E-state index in [0.29, 0.717) is 18.0 Å². The summed E-state index contributed by atoms with van der Waals surface area (Å²) < 4.78 is 11.2. The molecule has 1 fully saturated rings. The highest BCUT2D eigenvalue weighted by Gasteiger charge is 2.18. The van der Waals surface area contributed by atoms with Gasteiger partial charge in [-0.15, -0.1) is 0 Å². The van der Waals surface area contributed by atoms with Crippen LogP contribution in [0.5, 0.6) is 5.75 Å². The Bertz CT molecular complexity index is 414. The first-order chi connectivity index (χ1) is 9.65. The number of para-hydroxylation sites is 2. The van der Waals surface area contributed by atoms with E-state index >= 15 is 0 Å². The maximum absolute atomic E-state index is 10.1. The van der Waals surface area contributed by atoms with Crippen LogP contribution in [-0.4, -0.2) is 55.1 Å². The SMILES string of the molecule is CC1CN(CC(O)COc2ccccc2N)CCCO1. The molecule has 3 N–H and O–H groups in total. The van der Waals surface area contributed by atoms with E-state index in [-0.39, 0.29) is 12.7 Å². The molecule has 1 aromatic rings. The van der Waals surface area contributed by atoms with Gasteiger partial charge in [-0.05, 0) is 25.5 Å². The molecule has 0 saturated carbocycles. The lowest BCUT2D eigenvalue weighted by atomic mass is 10.2. The number of rotatable bonds is 5. The van der Waals surface area contributed by atoms with Gasteiger partial charge in [0, 0.05) is 26.2 Å². The van der Waals surface area contributed by atoms with Crippen molar-refractivity contribution in [1.29, 1.82) is 0 Å². The number of aliphatic hydroxyl groups is 1. The van der Waals surface area contributed by atoms with Gasteiger partial charge >= 0.3 is 0 Å². The molecule has 5 nitrogen and oxygen atoms in total. The van der Waals surface area contributed by atoms with E-state index in [1.54, 1.807) is 6.07 Å². The molecule has 5 heteroatoms. The highest BCUT2D eigenvalue weighted by Crippen LogP contribution is 2.19. The number of hydrogen-bond donors (Lipinski definition) is 2. The van der Waals surface area contributed by atoms with Gasteiger partial charge in [0.25, 0.3) is 0 Å². The monoisotopic (exact) mass is 280 g/mol. The van der Waals surface area contributed by atoms with Crippen LogP contribution in [0.1, 0.15) is 13.3 Å². The molecular formula is C15H24N2O3. The van der Waals surface area contributed by atoms with Crippen LogP contribution in [0.15, 0.2) is 24.3 Å². The third-order valence-corrected chi connectivity index (χ3v) is 3.36. The minimum Gasteiger partial charge on any atom is -0.489 e. The molecule has 0 spiro atoms. The lowest BCUT2D eigenvalue weighted by Gasteiger charge is -2.24. The van der Waals surface area contributed by atoms with Gasteiger partial charge in [0.2, 0.25) is 0 Å². The number of β-amino-alcohol motifs (C(OH)–C–C–N with tert-alkyl or cyclic N) is 1. The maximum atomic E-state index is 10.1. The normalized spacial score (nSPS) is 22.2. The number of nitrogen functional groups attached to an aromatic ring is 1. The van der Waals surface area contributed by atoms with Gasteiger partial charge in [-0.1, -0.05) is 12.1 Å². The third kappa shape index (κ3) is 4.67. The molecule has 0 radical (unpaired) electrons. The van der Waals surface area contributed by atoms with Crippen molar-refractivity contribution in [3.05, 3.63) is 24.3 Å².